The van der Waals surface area contributed by atoms with Gasteiger partial charge in [0.05, 0.1) is 5.41 Å². The lowest BCUT2D eigenvalue weighted by atomic mass is 9.69. The van der Waals surface area contributed by atoms with Crippen molar-refractivity contribution in [3.8, 4) is 0 Å². The van der Waals surface area contributed by atoms with Gasteiger partial charge < -0.3 is 10.1 Å². The Labute approximate surface area is 152 Å². The summed E-state index contributed by atoms with van der Waals surface area (Å²) in [6.07, 6.45) is 7.43. The SMILES string of the molecule is Cc1ccc(C2(C(=O)OC(C)(C)C3CCNCC3)CCCCC2)cc1. The number of aryl methyl sites for hydroxylation is 1. The molecule has 1 aliphatic heterocycles. The van der Waals surface area contributed by atoms with Crippen LogP contribution in [0, 0.1) is 12.8 Å². The van der Waals surface area contributed by atoms with Gasteiger partial charge in [0.2, 0.25) is 0 Å². The predicted octanol–water partition coefficient (Wildman–Crippen LogP) is 4.52. The molecule has 1 aliphatic carbocycles. The van der Waals surface area contributed by atoms with Crippen molar-refractivity contribution in [2.45, 2.75) is 76.7 Å². The molecule has 0 bridgehead atoms. The minimum Gasteiger partial charge on any atom is -0.459 e. The van der Waals surface area contributed by atoms with E-state index in [-0.39, 0.29) is 5.97 Å². The van der Waals surface area contributed by atoms with Gasteiger partial charge in [0.25, 0.3) is 0 Å². The van der Waals surface area contributed by atoms with Gasteiger partial charge in [-0.3, -0.25) is 4.79 Å². The molecule has 1 saturated carbocycles. The van der Waals surface area contributed by atoms with Crippen molar-refractivity contribution in [1.82, 2.24) is 5.32 Å². The number of ether oxygens (including phenoxy) is 1. The van der Waals surface area contributed by atoms with E-state index in [1.165, 1.54) is 12.0 Å². The zero-order valence-electron chi connectivity index (χ0n) is 16.1. The second-order valence-corrected chi connectivity index (χ2v) is 8.53. The number of rotatable bonds is 4. The summed E-state index contributed by atoms with van der Waals surface area (Å²) in [6, 6.07) is 8.52. The van der Waals surface area contributed by atoms with Crippen LogP contribution in [0.1, 0.15) is 69.9 Å². The Morgan fingerprint density at radius 1 is 1.08 bits per heavy atom. The monoisotopic (exact) mass is 343 g/mol. The molecule has 2 fully saturated rings. The molecule has 1 aromatic rings. The number of piperidine rings is 1. The molecule has 0 amide bonds. The van der Waals surface area contributed by atoms with Crippen LogP contribution in [0.15, 0.2) is 24.3 Å². The third kappa shape index (κ3) is 3.92. The summed E-state index contributed by atoms with van der Waals surface area (Å²) in [5, 5.41) is 3.40. The topological polar surface area (TPSA) is 38.3 Å². The molecule has 1 aromatic carbocycles. The summed E-state index contributed by atoms with van der Waals surface area (Å²) < 4.78 is 6.24. The summed E-state index contributed by atoms with van der Waals surface area (Å²) in [6.45, 7) is 8.35. The van der Waals surface area contributed by atoms with Gasteiger partial charge in [-0.2, -0.15) is 0 Å². The van der Waals surface area contributed by atoms with Crippen LogP contribution in [0.3, 0.4) is 0 Å². The first-order chi connectivity index (χ1) is 11.9. The van der Waals surface area contributed by atoms with Crippen LogP contribution in [0.25, 0.3) is 0 Å². The van der Waals surface area contributed by atoms with Crippen molar-refractivity contribution in [3.05, 3.63) is 35.4 Å². The molecule has 1 saturated heterocycles. The molecule has 3 nitrogen and oxygen atoms in total. The summed E-state index contributed by atoms with van der Waals surface area (Å²) in [4.78, 5) is 13.4. The fourth-order valence-corrected chi connectivity index (χ4v) is 4.58. The normalized spacial score (nSPS) is 21.7. The van der Waals surface area contributed by atoms with E-state index in [2.05, 4.69) is 50.4 Å². The van der Waals surface area contributed by atoms with Crippen LogP contribution >= 0.6 is 0 Å². The van der Waals surface area contributed by atoms with Crippen molar-refractivity contribution in [2.75, 3.05) is 13.1 Å². The Balaban J connectivity index is 1.83. The average Bonchev–Trinajstić information content (AvgIpc) is 2.63. The Morgan fingerprint density at radius 2 is 1.68 bits per heavy atom. The molecule has 25 heavy (non-hydrogen) atoms. The fourth-order valence-electron chi connectivity index (χ4n) is 4.58. The van der Waals surface area contributed by atoms with Crippen molar-refractivity contribution in [2.24, 2.45) is 5.92 Å². The first-order valence-corrected chi connectivity index (χ1v) is 9.95. The maximum absolute atomic E-state index is 13.4. The summed E-state index contributed by atoms with van der Waals surface area (Å²) in [5.74, 6) is 0.441. The number of carbonyl (C=O) groups excluding carboxylic acids is 1. The Bertz CT molecular complexity index is 579. The average molecular weight is 344 g/mol. The Morgan fingerprint density at radius 3 is 2.28 bits per heavy atom. The molecular weight excluding hydrogens is 310 g/mol. The molecule has 0 spiro atoms. The molecule has 1 N–H and O–H groups in total. The van der Waals surface area contributed by atoms with Gasteiger partial charge in [-0.25, -0.2) is 0 Å². The van der Waals surface area contributed by atoms with E-state index in [0.717, 1.165) is 57.2 Å². The molecule has 0 atom stereocenters. The third-order valence-electron chi connectivity index (χ3n) is 6.38. The summed E-state index contributed by atoms with van der Waals surface area (Å²) in [7, 11) is 0. The molecule has 0 unspecified atom stereocenters. The van der Waals surface area contributed by atoms with E-state index in [1.54, 1.807) is 0 Å². The van der Waals surface area contributed by atoms with Gasteiger partial charge in [-0.05, 0) is 65.1 Å². The third-order valence-corrected chi connectivity index (χ3v) is 6.38. The quantitative estimate of drug-likeness (QED) is 0.817. The number of hydrogen-bond donors (Lipinski definition) is 1. The largest absolute Gasteiger partial charge is 0.459 e. The first kappa shape index (κ1) is 18.4. The highest BCUT2D eigenvalue weighted by Gasteiger charge is 2.46. The van der Waals surface area contributed by atoms with Crippen LogP contribution in [-0.4, -0.2) is 24.7 Å². The van der Waals surface area contributed by atoms with E-state index < -0.39 is 11.0 Å². The number of benzene rings is 1. The molecule has 0 radical (unpaired) electrons. The Hall–Kier alpha value is -1.35. The first-order valence-electron chi connectivity index (χ1n) is 9.95. The second-order valence-electron chi connectivity index (χ2n) is 8.53. The van der Waals surface area contributed by atoms with E-state index in [9.17, 15) is 4.79 Å². The zero-order valence-corrected chi connectivity index (χ0v) is 16.1. The molecule has 0 aromatic heterocycles. The van der Waals surface area contributed by atoms with E-state index in [4.69, 9.17) is 4.74 Å². The maximum atomic E-state index is 13.4. The van der Waals surface area contributed by atoms with Gasteiger partial charge in [-0.15, -0.1) is 0 Å². The lowest BCUT2D eigenvalue weighted by molar-refractivity contribution is -0.171. The van der Waals surface area contributed by atoms with Crippen LogP contribution in [0.5, 0.6) is 0 Å². The van der Waals surface area contributed by atoms with Gasteiger partial charge in [0.1, 0.15) is 5.60 Å². The number of esters is 1. The standard InChI is InChI=1S/C22H33NO2/c1-17-7-9-19(10-8-17)22(13-5-4-6-14-22)20(24)25-21(2,3)18-11-15-23-16-12-18/h7-10,18,23H,4-6,11-16H2,1-3H3. The minimum atomic E-state index is -0.448. The van der Waals surface area contributed by atoms with Crippen LogP contribution in [0.2, 0.25) is 0 Å². The number of carbonyl (C=O) groups is 1. The van der Waals surface area contributed by atoms with E-state index in [0.29, 0.717) is 5.92 Å². The predicted molar refractivity (Wildman–Crippen MR) is 102 cm³/mol. The maximum Gasteiger partial charge on any atom is 0.317 e. The summed E-state index contributed by atoms with van der Waals surface area (Å²) >= 11 is 0. The minimum absolute atomic E-state index is 0.000384. The highest BCUT2D eigenvalue weighted by atomic mass is 16.6. The van der Waals surface area contributed by atoms with Crippen molar-refractivity contribution in [3.63, 3.8) is 0 Å². The molecule has 2 aliphatic rings. The van der Waals surface area contributed by atoms with E-state index >= 15 is 0 Å². The smallest absolute Gasteiger partial charge is 0.317 e. The van der Waals surface area contributed by atoms with Crippen molar-refractivity contribution >= 4 is 5.97 Å². The van der Waals surface area contributed by atoms with Crippen LogP contribution < -0.4 is 5.32 Å². The molecule has 1 heterocycles. The van der Waals surface area contributed by atoms with Crippen LogP contribution in [-0.2, 0) is 14.9 Å². The Kier molecular flexibility index (Phi) is 5.52. The second kappa shape index (κ2) is 7.49. The van der Waals surface area contributed by atoms with Crippen molar-refractivity contribution in [1.29, 1.82) is 0 Å². The number of nitrogens with one attached hydrogen (secondary N) is 1. The van der Waals surface area contributed by atoms with Gasteiger partial charge in [0.15, 0.2) is 0 Å². The van der Waals surface area contributed by atoms with Crippen molar-refractivity contribution < 1.29 is 9.53 Å². The summed E-state index contributed by atoms with van der Waals surface area (Å²) in [5.41, 5.74) is 1.53. The highest BCUT2D eigenvalue weighted by molar-refractivity contribution is 5.83. The molecular formula is C22H33NO2. The highest BCUT2D eigenvalue weighted by Crippen LogP contribution is 2.42. The number of hydrogen-bond acceptors (Lipinski definition) is 3. The molecule has 3 heteroatoms. The van der Waals surface area contributed by atoms with E-state index in [1.807, 2.05) is 0 Å². The fraction of sp³-hybridized carbons (Fsp3) is 0.682. The molecule has 138 valence electrons. The lowest BCUT2D eigenvalue weighted by Crippen LogP contribution is -2.48. The van der Waals surface area contributed by atoms with Gasteiger partial charge in [-0.1, -0.05) is 49.1 Å². The zero-order chi connectivity index (χ0) is 17.9. The van der Waals surface area contributed by atoms with Gasteiger partial charge >= 0.3 is 5.97 Å². The molecule has 3 rings (SSSR count). The lowest BCUT2D eigenvalue weighted by Gasteiger charge is -2.42. The van der Waals surface area contributed by atoms with Crippen LogP contribution in [0.4, 0.5) is 0 Å². The van der Waals surface area contributed by atoms with Gasteiger partial charge in [0, 0.05) is 5.92 Å².